The first-order valence-electron chi connectivity index (χ1n) is 7.38. The molecule has 0 aromatic carbocycles. The Labute approximate surface area is 115 Å². The Kier molecular flexibility index (Phi) is 3.43. The van der Waals surface area contributed by atoms with Gasteiger partial charge in [-0.2, -0.15) is 0 Å². The second-order valence-corrected chi connectivity index (χ2v) is 6.18. The van der Waals surface area contributed by atoms with Crippen molar-refractivity contribution in [1.29, 1.82) is 0 Å². The van der Waals surface area contributed by atoms with E-state index in [4.69, 9.17) is 20.2 Å². The molecule has 0 aromatic rings. The van der Waals surface area contributed by atoms with Gasteiger partial charge in [0.25, 0.3) is 0 Å². The second kappa shape index (κ2) is 4.94. The first kappa shape index (κ1) is 13.2. The lowest BCUT2D eigenvalue weighted by Crippen LogP contribution is -2.61. The van der Waals surface area contributed by atoms with Crippen molar-refractivity contribution in [2.75, 3.05) is 26.8 Å². The molecule has 3 fully saturated rings. The van der Waals surface area contributed by atoms with Gasteiger partial charge in [-0.3, -0.25) is 0 Å². The SMILES string of the molecule is COC1CC(N=C(N)N2CCOC(C)C2)C12CCC2. The lowest BCUT2D eigenvalue weighted by molar-refractivity contribution is -0.150. The molecule has 108 valence electrons. The molecule has 0 bridgehead atoms. The maximum Gasteiger partial charge on any atom is 0.191 e. The lowest BCUT2D eigenvalue weighted by atomic mass is 9.51. The largest absolute Gasteiger partial charge is 0.381 e. The summed E-state index contributed by atoms with van der Waals surface area (Å²) in [5, 5.41) is 0. The van der Waals surface area contributed by atoms with Crippen LogP contribution in [-0.2, 0) is 9.47 Å². The Hall–Kier alpha value is -0.810. The standard InChI is InChI=1S/C14H25N3O2/c1-10-9-17(6-7-19-10)13(15)16-11-8-12(18-2)14(11)4-3-5-14/h10-12H,3-9H2,1-2H3,(H2,15,16). The van der Waals surface area contributed by atoms with Crippen LogP contribution in [0.15, 0.2) is 4.99 Å². The quantitative estimate of drug-likeness (QED) is 0.598. The number of hydrogen-bond donors (Lipinski definition) is 1. The zero-order valence-corrected chi connectivity index (χ0v) is 12.0. The van der Waals surface area contributed by atoms with Crippen molar-refractivity contribution in [3.8, 4) is 0 Å². The molecule has 19 heavy (non-hydrogen) atoms. The molecule has 3 unspecified atom stereocenters. The fourth-order valence-corrected chi connectivity index (χ4v) is 3.75. The summed E-state index contributed by atoms with van der Waals surface area (Å²) in [6.45, 7) is 4.53. The summed E-state index contributed by atoms with van der Waals surface area (Å²) in [6.07, 6.45) is 5.45. The Morgan fingerprint density at radius 2 is 2.26 bits per heavy atom. The molecule has 3 rings (SSSR count). The zero-order chi connectivity index (χ0) is 13.5. The van der Waals surface area contributed by atoms with E-state index in [1.165, 1.54) is 19.3 Å². The molecule has 0 aromatic heterocycles. The summed E-state index contributed by atoms with van der Waals surface area (Å²) in [7, 11) is 1.82. The van der Waals surface area contributed by atoms with Crippen LogP contribution in [0.1, 0.15) is 32.6 Å². The van der Waals surface area contributed by atoms with E-state index in [1.54, 1.807) is 0 Å². The Bertz CT molecular complexity index is 368. The van der Waals surface area contributed by atoms with Gasteiger partial charge >= 0.3 is 0 Å². The van der Waals surface area contributed by atoms with Gasteiger partial charge in [0.15, 0.2) is 5.96 Å². The van der Waals surface area contributed by atoms with Crippen molar-refractivity contribution in [3.63, 3.8) is 0 Å². The number of rotatable bonds is 2. The third-order valence-electron chi connectivity index (χ3n) is 5.16. The van der Waals surface area contributed by atoms with Crippen molar-refractivity contribution >= 4 is 5.96 Å². The van der Waals surface area contributed by atoms with Gasteiger partial charge in [0.05, 0.1) is 24.9 Å². The van der Waals surface area contributed by atoms with E-state index in [-0.39, 0.29) is 6.10 Å². The van der Waals surface area contributed by atoms with Crippen LogP contribution >= 0.6 is 0 Å². The number of ether oxygens (including phenoxy) is 2. The summed E-state index contributed by atoms with van der Waals surface area (Å²) in [4.78, 5) is 6.95. The van der Waals surface area contributed by atoms with Crippen LogP contribution in [0.2, 0.25) is 0 Å². The summed E-state index contributed by atoms with van der Waals surface area (Å²) >= 11 is 0. The van der Waals surface area contributed by atoms with E-state index in [2.05, 4.69) is 11.8 Å². The van der Waals surface area contributed by atoms with Crippen LogP contribution in [0.4, 0.5) is 0 Å². The molecular formula is C14H25N3O2. The van der Waals surface area contributed by atoms with Gasteiger partial charge in [0.1, 0.15) is 0 Å². The summed E-state index contributed by atoms with van der Waals surface area (Å²) in [5.74, 6) is 0.695. The second-order valence-electron chi connectivity index (χ2n) is 6.18. The van der Waals surface area contributed by atoms with Gasteiger partial charge in [0.2, 0.25) is 0 Å². The zero-order valence-electron chi connectivity index (χ0n) is 12.0. The maximum atomic E-state index is 6.19. The monoisotopic (exact) mass is 267 g/mol. The minimum Gasteiger partial charge on any atom is -0.381 e. The minimum atomic E-state index is 0.244. The number of nitrogens with two attached hydrogens (primary N) is 1. The highest BCUT2D eigenvalue weighted by atomic mass is 16.5. The Balaban J connectivity index is 1.65. The fourth-order valence-electron chi connectivity index (χ4n) is 3.75. The van der Waals surface area contributed by atoms with E-state index >= 15 is 0 Å². The fraction of sp³-hybridized carbons (Fsp3) is 0.929. The molecule has 1 saturated heterocycles. The van der Waals surface area contributed by atoms with Crippen molar-refractivity contribution < 1.29 is 9.47 Å². The Morgan fingerprint density at radius 1 is 1.47 bits per heavy atom. The third kappa shape index (κ3) is 2.13. The number of hydrogen-bond acceptors (Lipinski definition) is 3. The minimum absolute atomic E-state index is 0.244. The molecule has 1 heterocycles. The topological polar surface area (TPSA) is 60.1 Å². The Morgan fingerprint density at radius 3 is 2.84 bits per heavy atom. The van der Waals surface area contributed by atoms with Gasteiger partial charge in [0, 0.05) is 25.6 Å². The third-order valence-corrected chi connectivity index (χ3v) is 5.16. The predicted octanol–water partition coefficient (Wildman–Crippen LogP) is 0.979. The number of morpholine rings is 1. The van der Waals surface area contributed by atoms with Crippen molar-refractivity contribution in [2.45, 2.75) is 50.9 Å². The summed E-state index contributed by atoms with van der Waals surface area (Å²) < 4.78 is 11.1. The number of aliphatic imine (C=N–C) groups is 1. The van der Waals surface area contributed by atoms with Gasteiger partial charge in [-0.25, -0.2) is 4.99 Å². The molecule has 2 saturated carbocycles. The van der Waals surface area contributed by atoms with E-state index in [9.17, 15) is 0 Å². The van der Waals surface area contributed by atoms with E-state index in [1.807, 2.05) is 7.11 Å². The van der Waals surface area contributed by atoms with E-state index in [0.29, 0.717) is 23.5 Å². The van der Waals surface area contributed by atoms with Gasteiger partial charge < -0.3 is 20.1 Å². The molecule has 0 radical (unpaired) electrons. The van der Waals surface area contributed by atoms with Gasteiger partial charge in [-0.15, -0.1) is 0 Å². The molecule has 3 aliphatic rings. The van der Waals surface area contributed by atoms with Gasteiger partial charge in [-0.05, 0) is 26.2 Å². The highest BCUT2D eigenvalue weighted by molar-refractivity contribution is 5.78. The van der Waals surface area contributed by atoms with Crippen LogP contribution in [0.3, 0.4) is 0 Å². The average molecular weight is 267 g/mol. The van der Waals surface area contributed by atoms with Crippen molar-refractivity contribution in [2.24, 2.45) is 16.1 Å². The van der Waals surface area contributed by atoms with Crippen LogP contribution in [-0.4, -0.2) is 55.9 Å². The molecule has 1 spiro atoms. The molecular weight excluding hydrogens is 242 g/mol. The first-order chi connectivity index (χ1) is 9.15. The predicted molar refractivity (Wildman–Crippen MR) is 74.1 cm³/mol. The van der Waals surface area contributed by atoms with Crippen molar-refractivity contribution in [3.05, 3.63) is 0 Å². The number of nitrogens with zero attached hydrogens (tertiary/aromatic N) is 2. The van der Waals surface area contributed by atoms with Crippen LogP contribution < -0.4 is 5.73 Å². The molecule has 5 heteroatoms. The van der Waals surface area contributed by atoms with E-state index in [0.717, 1.165) is 26.1 Å². The number of guanidine groups is 1. The summed E-state index contributed by atoms with van der Waals surface area (Å²) in [5.41, 5.74) is 6.49. The molecule has 5 nitrogen and oxygen atoms in total. The molecule has 0 amide bonds. The highest BCUT2D eigenvalue weighted by Gasteiger charge is 2.59. The van der Waals surface area contributed by atoms with Crippen LogP contribution in [0, 0.1) is 5.41 Å². The molecule has 1 aliphatic heterocycles. The average Bonchev–Trinajstić information content (AvgIpc) is 2.31. The van der Waals surface area contributed by atoms with Crippen LogP contribution in [0.5, 0.6) is 0 Å². The first-order valence-corrected chi connectivity index (χ1v) is 7.38. The molecule has 3 atom stereocenters. The van der Waals surface area contributed by atoms with Gasteiger partial charge in [-0.1, -0.05) is 6.42 Å². The van der Waals surface area contributed by atoms with E-state index < -0.39 is 0 Å². The highest BCUT2D eigenvalue weighted by Crippen LogP contribution is 2.58. The summed E-state index contributed by atoms with van der Waals surface area (Å²) in [6, 6.07) is 0.365. The molecule has 2 N–H and O–H groups in total. The maximum absolute atomic E-state index is 6.19. The van der Waals surface area contributed by atoms with Crippen molar-refractivity contribution in [1.82, 2.24) is 4.90 Å². The smallest absolute Gasteiger partial charge is 0.191 e. The molecule has 2 aliphatic carbocycles. The number of methoxy groups -OCH3 is 1. The van der Waals surface area contributed by atoms with Crippen LogP contribution in [0.25, 0.3) is 0 Å². The normalized spacial score (nSPS) is 37.9. The lowest BCUT2D eigenvalue weighted by Gasteiger charge is -2.59.